The molecule has 2 aliphatic rings. The number of likely N-dealkylation sites (tertiary alicyclic amines) is 1. The number of rotatable bonds is 6. The van der Waals surface area contributed by atoms with Gasteiger partial charge in [-0.2, -0.15) is 0 Å². The summed E-state index contributed by atoms with van der Waals surface area (Å²) >= 11 is 0. The van der Waals surface area contributed by atoms with E-state index in [1.807, 2.05) is 32.0 Å². The summed E-state index contributed by atoms with van der Waals surface area (Å²) in [6.45, 7) is 15.3. The van der Waals surface area contributed by atoms with Crippen LogP contribution in [0.15, 0.2) is 54.6 Å². The van der Waals surface area contributed by atoms with Crippen LogP contribution in [0.2, 0.25) is 0 Å². The van der Waals surface area contributed by atoms with Gasteiger partial charge in [0.1, 0.15) is 0 Å². The van der Waals surface area contributed by atoms with Crippen molar-refractivity contribution in [2.45, 2.75) is 40.0 Å². The molecule has 1 aromatic heterocycles. The Morgan fingerprint density at radius 2 is 1.47 bits per heavy atom. The van der Waals surface area contributed by atoms with E-state index in [9.17, 15) is 0 Å². The van der Waals surface area contributed by atoms with Crippen LogP contribution in [0.5, 0.6) is 0 Å². The monoisotopic (exact) mass is 459 g/mol. The number of piperazine rings is 1. The van der Waals surface area contributed by atoms with Gasteiger partial charge in [0.15, 0.2) is 5.82 Å². The zero-order valence-electron chi connectivity index (χ0n) is 21.3. The van der Waals surface area contributed by atoms with Crippen LogP contribution < -0.4 is 4.90 Å². The smallest absolute Gasteiger partial charge is 0.150 e. The number of hydrogen-bond donors (Lipinski definition) is 0. The van der Waals surface area contributed by atoms with Crippen LogP contribution in [0.25, 0.3) is 11.0 Å². The molecule has 34 heavy (non-hydrogen) atoms. The molecule has 3 heterocycles. The predicted molar refractivity (Wildman–Crippen MR) is 144 cm³/mol. The van der Waals surface area contributed by atoms with Crippen LogP contribution in [-0.4, -0.2) is 72.1 Å². The summed E-state index contributed by atoms with van der Waals surface area (Å²) in [5, 5.41) is 0. The molecule has 5 rings (SSSR count). The van der Waals surface area contributed by atoms with Gasteiger partial charge in [0.05, 0.1) is 16.7 Å². The third kappa shape index (κ3) is 6.34. The van der Waals surface area contributed by atoms with Gasteiger partial charge in [0, 0.05) is 45.8 Å². The molecule has 0 amide bonds. The lowest BCUT2D eigenvalue weighted by molar-refractivity contribution is 0.130. The largest absolute Gasteiger partial charge is 0.353 e. The molecule has 182 valence electrons. The first-order chi connectivity index (χ1) is 16.7. The maximum atomic E-state index is 4.93. The van der Waals surface area contributed by atoms with Crippen molar-refractivity contribution in [2.75, 3.05) is 57.3 Å². The van der Waals surface area contributed by atoms with Gasteiger partial charge in [-0.1, -0.05) is 56.3 Å². The minimum absolute atomic E-state index is 0.799. The van der Waals surface area contributed by atoms with Gasteiger partial charge in [-0.15, -0.1) is 0 Å². The lowest BCUT2D eigenvalue weighted by Crippen LogP contribution is -2.50. The lowest BCUT2D eigenvalue weighted by atomic mass is 9.96. The normalized spacial score (nSPS) is 19.6. The highest BCUT2D eigenvalue weighted by Gasteiger charge is 2.25. The molecule has 5 nitrogen and oxygen atoms in total. The number of nitrogens with zero attached hydrogens (tertiary/aromatic N) is 5. The summed E-state index contributed by atoms with van der Waals surface area (Å²) in [6, 6.07) is 19.1. The minimum atomic E-state index is 0.799. The standard InChI is InChI=1S/C27H35N5.C2H6/c1-22-27(29-26-12-6-5-11-25(26)28-22)32-18-16-31(17-19-32)21-24-10-7-14-30(20-24)15-13-23-8-3-2-4-9-23;1-2/h2-6,8-9,11-12,24H,7,10,13-21H2,1H3;1-2H3. The van der Waals surface area contributed by atoms with Crippen LogP contribution >= 0.6 is 0 Å². The van der Waals surface area contributed by atoms with E-state index in [4.69, 9.17) is 9.97 Å². The summed E-state index contributed by atoms with van der Waals surface area (Å²) in [7, 11) is 0. The molecule has 5 heteroatoms. The Labute approximate surface area is 205 Å². The number of benzene rings is 2. The van der Waals surface area contributed by atoms with Gasteiger partial charge in [0.25, 0.3) is 0 Å². The molecule has 0 N–H and O–H groups in total. The zero-order chi connectivity index (χ0) is 23.8. The van der Waals surface area contributed by atoms with Crippen molar-refractivity contribution in [1.82, 2.24) is 19.8 Å². The molecule has 0 bridgehead atoms. The van der Waals surface area contributed by atoms with E-state index in [0.717, 1.165) is 54.6 Å². The van der Waals surface area contributed by atoms with Gasteiger partial charge >= 0.3 is 0 Å². The molecule has 2 aliphatic heterocycles. The Balaban J connectivity index is 0.00000133. The van der Waals surface area contributed by atoms with Crippen molar-refractivity contribution >= 4 is 16.9 Å². The first-order valence-corrected chi connectivity index (χ1v) is 13.2. The Morgan fingerprint density at radius 3 is 2.21 bits per heavy atom. The molecule has 0 aliphatic carbocycles. The number of hydrogen-bond acceptors (Lipinski definition) is 5. The molecular weight excluding hydrogens is 418 g/mol. The number of fused-ring (bicyclic) bond motifs is 1. The Kier molecular flexibility index (Phi) is 8.89. The van der Waals surface area contributed by atoms with E-state index >= 15 is 0 Å². The first kappa shape index (κ1) is 24.6. The van der Waals surface area contributed by atoms with Gasteiger partial charge < -0.3 is 9.80 Å². The second-order valence-corrected chi connectivity index (χ2v) is 9.45. The average Bonchev–Trinajstić information content (AvgIpc) is 2.90. The molecule has 0 radical (unpaired) electrons. The number of para-hydroxylation sites is 2. The van der Waals surface area contributed by atoms with E-state index in [-0.39, 0.29) is 0 Å². The van der Waals surface area contributed by atoms with E-state index in [0.29, 0.717) is 0 Å². The van der Waals surface area contributed by atoms with Gasteiger partial charge in [-0.25, -0.2) is 9.97 Å². The van der Waals surface area contributed by atoms with Crippen LogP contribution in [0.1, 0.15) is 37.9 Å². The fourth-order valence-electron chi connectivity index (χ4n) is 5.32. The summed E-state index contributed by atoms with van der Waals surface area (Å²) in [6.07, 6.45) is 3.88. The van der Waals surface area contributed by atoms with Crippen molar-refractivity contribution in [3.63, 3.8) is 0 Å². The van der Waals surface area contributed by atoms with Crippen molar-refractivity contribution in [3.05, 3.63) is 65.9 Å². The van der Waals surface area contributed by atoms with E-state index < -0.39 is 0 Å². The highest BCUT2D eigenvalue weighted by atomic mass is 15.3. The number of aromatic nitrogens is 2. The number of piperidine rings is 1. The second kappa shape index (κ2) is 12.3. The van der Waals surface area contributed by atoms with Crippen molar-refractivity contribution in [2.24, 2.45) is 5.92 Å². The maximum Gasteiger partial charge on any atom is 0.150 e. The molecule has 0 spiro atoms. The molecule has 1 unspecified atom stereocenters. The lowest BCUT2D eigenvalue weighted by Gasteiger charge is -2.40. The van der Waals surface area contributed by atoms with Crippen molar-refractivity contribution in [1.29, 1.82) is 0 Å². The fraction of sp³-hybridized carbons (Fsp3) is 0.517. The SMILES string of the molecule is CC.Cc1nc2ccccc2nc1N1CCN(CC2CCCN(CCc3ccccc3)C2)CC1. The second-order valence-electron chi connectivity index (χ2n) is 9.45. The molecule has 3 aromatic rings. The number of aryl methyl sites for hydroxylation is 1. The topological polar surface area (TPSA) is 35.5 Å². The van der Waals surface area contributed by atoms with Crippen LogP contribution in [0.3, 0.4) is 0 Å². The maximum absolute atomic E-state index is 4.93. The van der Waals surface area contributed by atoms with Gasteiger partial charge in [0.2, 0.25) is 0 Å². The van der Waals surface area contributed by atoms with Crippen molar-refractivity contribution < 1.29 is 0 Å². The van der Waals surface area contributed by atoms with E-state index in [1.54, 1.807) is 0 Å². The van der Waals surface area contributed by atoms with Gasteiger partial charge in [-0.3, -0.25) is 4.90 Å². The highest BCUT2D eigenvalue weighted by Crippen LogP contribution is 2.23. The molecular formula is C29H41N5. The summed E-state index contributed by atoms with van der Waals surface area (Å²) in [4.78, 5) is 17.5. The van der Waals surface area contributed by atoms with E-state index in [1.165, 1.54) is 51.0 Å². The third-order valence-corrected chi connectivity index (χ3v) is 7.07. The molecule has 2 fully saturated rings. The van der Waals surface area contributed by atoms with Crippen LogP contribution in [-0.2, 0) is 6.42 Å². The molecule has 2 aromatic carbocycles. The Bertz CT molecular complexity index is 1010. The predicted octanol–water partition coefficient (Wildman–Crippen LogP) is 5.04. The van der Waals surface area contributed by atoms with Crippen LogP contribution in [0.4, 0.5) is 5.82 Å². The molecule has 1 atom stereocenters. The molecule has 0 saturated carbocycles. The Hall–Kier alpha value is -2.50. The highest BCUT2D eigenvalue weighted by molar-refractivity contribution is 5.76. The van der Waals surface area contributed by atoms with Crippen LogP contribution in [0, 0.1) is 12.8 Å². The zero-order valence-corrected chi connectivity index (χ0v) is 21.3. The summed E-state index contributed by atoms with van der Waals surface area (Å²) < 4.78 is 0. The molecule has 2 saturated heterocycles. The summed E-state index contributed by atoms with van der Waals surface area (Å²) in [5.41, 5.74) is 4.48. The third-order valence-electron chi connectivity index (χ3n) is 7.07. The first-order valence-electron chi connectivity index (χ1n) is 13.2. The van der Waals surface area contributed by atoms with Gasteiger partial charge in [-0.05, 0) is 56.3 Å². The van der Waals surface area contributed by atoms with Crippen molar-refractivity contribution in [3.8, 4) is 0 Å². The fourth-order valence-corrected chi connectivity index (χ4v) is 5.32. The Morgan fingerprint density at radius 1 is 0.794 bits per heavy atom. The quantitative estimate of drug-likeness (QED) is 0.516. The van der Waals surface area contributed by atoms with E-state index in [2.05, 4.69) is 58.0 Å². The summed E-state index contributed by atoms with van der Waals surface area (Å²) in [5.74, 6) is 1.86. The minimum Gasteiger partial charge on any atom is -0.353 e. The number of anilines is 1. The average molecular weight is 460 g/mol.